The van der Waals surface area contributed by atoms with E-state index in [0.717, 1.165) is 12.8 Å². The molecule has 0 aliphatic heterocycles. The van der Waals surface area contributed by atoms with Gasteiger partial charge in [0.25, 0.3) is 0 Å². The lowest BCUT2D eigenvalue weighted by molar-refractivity contribution is 0.692. The lowest BCUT2D eigenvalue weighted by Crippen LogP contribution is -2.09. The second-order valence-electron chi connectivity index (χ2n) is 3.57. The Morgan fingerprint density at radius 2 is 2.07 bits per heavy atom. The number of hydrogen-bond acceptors (Lipinski definition) is 2. The SMILES string of the molecule is CC.CCc1ncnc2c1C=CC(C)C2. The molecule has 0 spiro atoms. The number of fused-ring (bicyclic) bond motifs is 1. The highest BCUT2D eigenvalue weighted by atomic mass is 14.8. The molecule has 0 aromatic carbocycles. The van der Waals surface area contributed by atoms with Crippen LogP contribution in [0.15, 0.2) is 12.4 Å². The molecular weight excluding hydrogens is 184 g/mol. The third kappa shape index (κ3) is 2.65. The number of aromatic nitrogens is 2. The molecule has 0 radical (unpaired) electrons. The average molecular weight is 204 g/mol. The molecule has 0 saturated heterocycles. The van der Waals surface area contributed by atoms with Crippen molar-refractivity contribution in [2.24, 2.45) is 5.92 Å². The van der Waals surface area contributed by atoms with Crippen LogP contribution in [-0.2, 0) is 12.8 Å². The van der Waals surface area contributed by atoms with Crippen LogP contribution in [-0.4, -0.2) is 9.97 Å². The monoisotopic (exact) mass is 204 g/mol. The summed E-state index contributed by atoms with van der Waals surface area (Å²) in [6.45, 7) is 8.35. The number of allylic oxidation sites excluding steroid dienone is 1. The number of aryl methyl sites for hydroxylation is 1. The molecule has 1 atom stereocenters. The van der Waals surface area contributed by atoms with Crippen molar-refractivity contribution < 1.29 is 0 Å². The van der Waals surface area contributed by atoms with Crippen molar-refractivity contribution in [3.8, 4) is 0 Å². The maximum Gasteiger partial charge on any atom is 0.115 e. The summed E-state index contributed by atoms with van der Waals surface area (Å²) in [5, 5.41) is 0. The second-order valence-corrected chi connectivity index (χ2v) is 3.57. The van der Waals surface area contributed by atoms with E-state index in [1.165, 1.54) is 17.0 Å². The van der Waals surface area contributed by atoms with Crippen LogP contribution < -0.4 is 0 Å². The normalized spacial score (nSPS) is 17.7. The Hall–Kier alpha value is -1.18. The van der Waals surface area contributed by atoms with E-state index < -0.39 is 0 Å². The summed E-state index contributed by atoms with van der Waals surface area (Å²) in [4.78, 5) is 8.59. The molecule has 0 saturated carbocycles. The fourth-order valence-electron chi connectivity index (χ4n) is 1.74. The molecular formula is C13H20N2. The van der Waals surface area contributed by atoms with Crippen molar-refractivity contribution in [2.45, 2.75) is 40.5 Å². The van der Waals surface area contributed by atoms with Crippen molar-refractivity contribution in [1.82, 2.24) is 9.97 Å². The molecule has 1 aromatic rings. The lowest BCUT2D eigenvalue weighted by atomic mass is 9.93. The fourth-order valence-corrected chi connectivity index (χ4v) is 1.74. The smallest absolute Gasteiger partial charge is 0.115 e. The molecule has 15 heavy (non-hydrogen) atoms. The Labute approximate surface area is 92.5 Å². The van der Waals surface area contributed by atoms with Gasteiger partial charge in [-0.2, -0.15) is 0 Å². The zero-order valence-corrected chi connectivity index (χ0v) is 10.1. The Morgan fingerprint density at radius 1 is 1.33 bits per heavy atom. The molecule has 1 heterocycles. The molecule has 1 aliphatic carbocycles. The maximum atomic E-state index is 4.32. The van der Waals surface area contributed by atoms with Gasteiger partial charge >= 0.3 is 0 Å². The molecule has 0 N–H and O–H groups in total. The van der Waals surface area contributed by atoms with Gasteiger partial charge in [-0.15, -0.1) is 0 Å². The van der Waals surface area contributed by atoms with Crippen molar-refractivity contribution >= 4 is 6.08 Å². The van der Waals surface area contributed by atoms with Gasteiger partial charge in [0, 0.05) is 5.56 Å². The van der Waals surface area contributed by atoms with Crippen LogP contribution in [0.25, 0.3) is 6.08 Å². The van der Waals surface area contributed by atoms with Crippen LogP contribution in [0.4, 0.5) is 0 Å². The predicted molar refractivity (Wildman–Crippen MR) is 64.7 cm³/mol. The van der Waals surface area contributed by atoms with E-state index in [1.807, 2.05) is 13.8 Å². The molecule has 0 bridgehead atoms. The highest BCUT2D eigenvalue weighted by molar-refractivity contribution is 5.56. The topological polar surface area (TPSA) is 25.8 Å². The highest BCUT2D eigenvalue weighted by Gasteiger charge is 2.13. The van der Waals surface area contributed by atoms with Crippen molar-refractivity contribution in [3.63, 3.8) is 0 Å². The van der Waals surface area contributed by atoms with Crippen LogP contribution in [0.2, 0.25) is 0 Å². The number of rotatable bonds is 1. The molecule has 82 valence electrons. The third-order valence-corrected chi connectivity index (χ3v) is 2.49. The molecule has 2 nitrogen and oxygen atoms in total. The van der Waals surface area contributed by atoms with Gasteiger partial charge < -0.3 is 0 Å². The summed E-state index contributed by atoms with van der Waals surface area (Å²) in [6, 6.07) is 0. The lowest BCUT2D eigenvalue weighted by Gasteiger charge is -2.15. The quantitative estimate of drug-likeness (QED) is 0.701. The maximum absolute atomic E-state index is 4.32. The van der Waals surface area contributed by atoms with Crippen LogP contribution in [0.3, 0.4) is 0 Å². The van der Waals surface area contributed by atoms with E-state index >= 15 is 0 Å². The van der Waals surface area contributed by atoms with E-state index in [2.05, 4.69) is 36.0 Å². The van der Waals surface area contributed by atoms with Gasteiger partial charge in [0.2, 0.25) is 0 Å². The highest BCUT2D eigenvalue weighted by Crippen LogP contribution is 2.22. The van der Waals surface area contributed by atoms with Crippen LogP contribution in [0.1, 0.15) is 44.6 Å². The molecule has 2 heteroatoms. The van der Waals surface area contributed by atoms with Gasteiger partial charge in [-0.3, -0.25) is 0 Å². The first kappa shape index (κ1) is 11.9. The summed E-state index contributed by atoms with van der Waals surface area (Å²) in [5.74, 6) is 0.618. The van der Waals surface area contributed by atoms with Gasteiger partial charge in [0.1, 0.15) is 6.33 Å². The Bertz CT molecular complexity index is 342. The largest absolute Gasteiger partial charge is 0.241 e. The molecule has 2 rings (SSSR count). The van der Waals surface area contributed by atoms with E-state index in [1.54, 1.807) is 6.33 Å². The first-order chi connectivity index (χ1) is 7.31. The number of nitrogens with zero attached hydrogens (tertiary/aromatic N) is 2. The zero-order valence-electron chi connectivity index (χ0n) is 10.1. The van der Waals surface area contributed by atoms with Crippen molar-refractivity contribution in [2.75, 3.05) is 0 Å². The predicted octanol–water partition coefficient (Wildman–Crippen LogP) is 3.27. The first-order valence-corrected chi connectivity index (χ1v) is 5.82. The van der Waals surface area contributed by atoms with Crippen LogP contribution in [0, 0.1) is 5.92 Å². The molecule has 0 fully saturated rings. The first-order valence-electron chi connectivity index (χ1n) is 5.82. The van der Waals surface area contributed by atoms with Gasteiger partial charge in [0.05, 0.1) is 11.4 Å². The second kappa shape index (κ2) is 5.64. The van der Waals surface area contributed by atoms with Crippen molar-refractivity contribution in [3.05, 3.63) is 29.4 Å². The summed E-state index contributed by atoms with van der Waals surface area (Å²) in [5.41, 5.74) is 3.64. The Morgan fingerprint density at radius 3 is 2.73 bits per heavy atom. The summed E-state index contributed by atoms with van der Waals surface area (Å²) < 4.78 is 0. The standard InChI is InChI=1S/C11H14N2.C2H6/c1-3-10-9-5-4-8(2)6-11(9)13-7-12-10;1-2/h4-5,7-8H,3,6H2,1-2H3;1-2H3. The van der Waals surface area contributed by atoms with Crippen LogP contribution >= 0.6 is 0 Å². The Balaban J connectivity index is 0.000000531. The minimum absolute atomic E-state index is 0.618. The van der Waals surface area contributed by atoms with Gasteiger partial charge in [0.15, 0.2) is 0 Å². The summed E-state index contributed by atoms with van der Waals surface area (Å²) >= 11 is 0. The summed E-state index contributed by atoms with van der Waals surface area (Å²) in [7, 11) is 0. The van der Waals surface area contributed by atoms with Gasteiger partial charge in [-0.25, -0.2) is 9.97 Å². The Kier molecular flexibility index (Phi) is 4.47. The van der Waals surface area contributed by atoms with Crippen molar-refractivity contribution in [1.29, 1.82) is 0 Å². The molecule has 0 amide bonds. The van der Waals surface area contributed by atoms with E-state index in [0.29, 0.717) is 5.92 Å². The minimum atomic E-state index is 0.618. The molecule has 1 unspecified atom stereocenters. The van der Waals surface area contributed by atoms with E-state index in [4.69, 9.17) is 0 Å². The third-order valence-electron chi connectivity index (χ3n) is 2.49. The fraction of sp³-hybridized carbons (Fsp3) is 0.538. The molecule has 1 aromatic heterocycles. The average Bonchev–Trinajstić information content (AvgIpc) is 2.30. The van der Waals surface area contributed by atoms with E-state index in [-0.39, 0.29) is 0 Å². The van der Waals surface area contributed by atoms with E-state index in [9.17, 15) is 0 Å². The van der Waals surface area contributed by atoms with Gasteiger partial charge in [-0.05, 0) is 18.8 Å². The van der Waals surface area contributed by atoms with Crippen LogP contribution in [0.5, 0.6) is 0 Å². The summed E-state index contributed by atoms with van der Waals surface area (Å²) in [6.07, 6.45) is 8.14. The van der Waals surface area contributed by atoms with Gasteiger partial charge in [-0.1, -0.05) is 39.8 Å². The minimum Gasteiger partial charge on any atom is -0.241 e. The zero-order chi connectivity index (χ0) is 11.3. The molecule has 1 aliphatic rings. The number of hydrogen-bond donors (Lipinski definition) is 0.